The number of phenols is 1. The van der Waals surface area contributed by atoms with Gasteiger partial charge in [-0.05, 0) is 17.7 Å². The highest BCUT2D eigenvalue weighted by Crippen LogP contribution is 2.29. The molecule has 0 bridgehead atoms. The molecule has 0 aliphatic carbocycles. The molecule has 0 saturated heterocycles. The third-order valence-electron chi connectivity index (χ3n) is 2.41. The van der Waals surface area contributed by atoms with E-state index in [1.807, 2.05) is 0 Å². The van der Waals surface area contributed by atoms with Crippen molar-refractivity contribution in [3.8, 4) is 11.5 Å². The summed E-state index contributed by atoms with van der Waals surface area (Å²) in [4.78, 5) is 19.8. The lowest BCUT2D eigenvalue weighted by molar-refractivity contribution is -0.516. The summed E-state index contributed by atoms with van der Waals surface area (Å²) >= 11 is 0. The highest BCUT2D eigenvalue weighted by atomic mass is 16.6. The Balaban J connectivity index is 3.03. The van der Waals surface area contributed by atoms with Crippen LogP contribution in [0.3, 0.4) is 0 Å². The van der Waals surface area contributed by atoms with Gasteiger partial charge in [-0.1, -0.05) is 6.07 Å². The minimum absolute atomic E-state index is 0.123. The molecule has 0 amide bonds. The van der Waals surface area contributed by atoms with Crippen molar-refractivity contribution < 1.29 is 19.7 Å². The van der Waals surface area contributed by atoms with Gasteiger partial charge >= 0.3 is 0 Å². The highest BCUT2D eigenvalue weighted by molar-refractivity contribution is 5.42. The van der Waals surface area contributed by atoms with Crippen molar-refractivity contribution in [2.45, 2.75) is 5.92 Å². The molecule has 0 radical (unpaired) electrons. The van der Waals surface area contributed by atoms with Gasteiger partial charge in [0.1, 0.15) is 5.92 Å². The Hall–Kier alpha value is -2.38. The Bertz CT molecular complexity index is 446. The third-order valence-corrected chi connectivity index (χ3v) is 2.41. The van der Waals surface area contributed by atoms with Gasteiger partial charge in [0.15, 0.2) is 11.5 Å². The van der Waals surface area contributed by atoms with Gasteiger partial charge in [0, 0.05) is 9.85 Å². The normalized spacial score (nSPS) is 10.3. The first-order valence-electron chi connectivity index (χ1n) is 5.04. The second kappa shape index (κ2) is 5.80. The van der Waals surface area contributed by atoms with Crippen LogP contribution in [0.1, 0.15) is 11.5 Å². The molecule has 0 aliphatic heterocycles. The van der Waals surface area contributed by atoms with E-state index in [-0.39, 0.29) is 11.5 Å². The molecule has 0 heterocycles. The fourth-order valence-corrected chi connectivity index (χ4v) is 1.58. The molecule has 0 spiro atoms. The van der Waals surface area contributed by atoms with Gasteiger partial charge in [0.25, 0.3) is 0 Å². The van der Waals surface area contributed by atoms with Gasteiger partial charge in [-0.15, -0.1) is 0 Å². The van der Waals surface area contributed by atoms with Crippen molar-refractivity contribution in [2.75, 3.05) is 20.2 Å². The van der Waals surface area contributed by atoms with Gasteiger partial charge in [0.2, 0.25) is 13.1 Å². The maximum Gasteiger partial charge on any atom is 0.217 e. The third kappa shape index (κ3) is 3.58. The number of hydrogen-bond acceptors (Lipinski definition) is 6. The molecule has 0 aromatic heterocycles. The molecule has 0 fully saturated rings. The van der Waals surface area contributed by atoms with Crippen LogP contribution in [0.2, 0.25) is 0 Å². The molecule has 18 heavy (non-hydrogen) atoms. The molecule has 0 atom stereocenters. The molecule has 0 aliphatic rings. The Morgan fingerprint density at radius 2 is 1.83 bits per heavy atom. The molecule has 1 rings (SSSR count). The predicted octanol–water partition coefficient (Wildman–Crippen LogP) is 1.04. The summed E-state index contributed by atoms with van der Waals surface area (Å²) in [5, 5.41) is 30.4. The number of nitro groups is 2. The smallest absolute Gasteiger partial charge is 0.217 e. The second-order valence-corrected chi connectivity index (χ2v) is 3.66. The van der Waals surface area contributed by atoms with Crippen LogP contribution >= 0.6 is 0 Å². The van der Waals surface area contributed by atoms with Crippen molar-refractivity contribution in [3.63, 3.8) is 0 Å². The number of ether oxygens (including phenoxy) is 1. The number of nitrogens with zero attached hydrogens (tertiary/aromatic N) is 2. The fraction of sp³-hybridized carbons (Fsp3) is 0.400. The van der Waals surface area contributed by atoms with Crippen molar-refractivity contribution in [2.24, 2.45) is 0 Å². The molecule has 98 valence electrons. The van der Waals surface area contributed by atoms with E-state index < -0.39 is 28.9 Å². The molecule has 1 N–H and O–H groups in total. The number of rotatable bonds is 6. The standard InChI is InChI=1S/C10H12N2O6/c1-18-10-4-7(2-3-9(10)13)8(5-11(14)15)6-12(16)17/h2-4,8,13H,5-6H2,1H3. The average molecular weight is 256 g/mol. The Kier molecular flexibility index (Phi) is 4.41. The topological polar surface area (TPSA) is 116 Å². The van der Waals surface area contributed by atoms with Crippen LogP contribution < -0.4 is 4.74 Å². The van der Waals surface area contributed by atoms with Gasteiger partial charge in [0.05, 0.1) is 7.11 Å². The number of aromatic hydroxyl groups is 1. The average Bonchev–Trinajstić information content (AvgIpc) is 2.27. The summed E-state index contributed by atoms with van der Waals surface area (Å²) in [7, 11) is 1.33. The summed E-state index contributed by atoms with van der Waals surface area (Å²) in [5.41, 5.74) is 0.387. The number of hydrogen-bond donors (Lipinski definition) is 1. The summed E-state index contributed by atoms with van der Waals surface area (Å²) in [6, 6.07) is 4.07. The SMILES string of the molecule is COc1cc(C(C[N+](=O)[O-])C[N+](=O)[O-])ccc1O. The monoisotopic (exact) mass is 256 g/mol. The van der Waals surface area contributed by atoms with Gasteiger partial charge in [-0.2, -0.15) is 0 Å². The van der Waals surface area contributed by atoms with E-state index in [9.17, 15) is 25.3 Å². The zero-order valence-electron chi connectivity index (χ0n) is 9.61. The maximum atomic E-state index is 10.5. The van der Waals surface area contributed by atoms with Crippen LogP contribution in [0.25, 0.3) is 0 Å². The molecular formula is C10H12N2O6. The van der Waals surface area contributed by atoms with Crippen molar-refractivity contribution in [3.05, 3.63) is 44.0 Å². The Morgan fingerprint density at radius 1 is 1.28 bits per heavy atom. The minimum Gasteiger partial charge on any atom is -0.504 e. The first kappa shape index (κ1) is 13.7. The summed E-state index contributed by atoms with van der Waals surface area (Å²) in [6.07, 6.45) is 0. The number of phenolic OH excluding ortho intramolecular Hbond substituents is 1. The van der Waals surface area contributed by atoms with E-state index in [1.165, 1.54) is 25.3 Å². The molecule has 8 heteroatoms. The van der Waals surface area contributed by atoms with Crippen LogP contribution in [-0.2, 0) is 0 Å². The van der Waals surface area contributed by atoms with Crippen molar-refractivity contribution in [1.82, 2.24) is 0 Å². The van der Waals surface area contributed by atoms with E-state index in [4.69, 9.17) is 4.74 Å². The molecule has 0 unspecified atom stereocenters. The van der Waals surface area contributed by atoms with E-state index >= 15 is 0 Å². The van der Waals surface area contributed by atoms with Crippen LogP contribution in [0.4, 0.5) is 0 Å². The fourth-order valence-electron chi connectivity index (χ4n) is 1.58. The van der Waals surface area contributed by atoms with E-state index in [0.717, 1.165) is 0 Å². The van der Waals surface area contributed by atoms with Crippen LogP contribution in [0.5, 0.6) is 11.5 Å². The molecule has 1 aromatic carbocycles. The van der Waals surface area contributed by atoms with Gasteiger partial charge < -0.3 is 9.84 Å². The van der Waals surface area contributed by atoms with Gasteiger partial charge in [-0.3, -0.25) is 20.2 Å². The lowest BCUT2D eigenvalue weighted by Gasteiger charge is -2.11. The zero-order valence-corrected chi connectivity index (χ0v) is 9.61. The summed E-state index contributed by atoms with van der Waals surface area (Å²) in [6.45, 7) is -1.09. The first-order chi connectivity index (χ1) is 8.43. The van der Waals surface area contributed by atoms with Crippen molar-refractivity contribution >= 4 is 0 Å². The quantitative estimate of drug-likeness (QED) is 0.600. The molecular weight excluding hydrogens is 244 g/mol. The Morgan fingerprint density at radius 3 is 2.28 bits per heavy atom. The van der Waals surface area contributed by atoms with Crippen LogP contribution in [0, 0.1) is 20.2 Å². The zero-order chi connectivity index (χ0) is 13.7. The Labute approximate surface area is 102 Å². The minimum atomic E-state index is -0.857. The number of methoxy groups -OCH3 is 1. The highest BCUT2D eigenvalue weighted by Gasteiger charge is 2.24. The molecule has 0 saturated carbocycles. The van der Waals surface area contributed by atoms with Crippen molar-refractivity contribution in [1.29, 1.82) is 0 Å². The molecule has 1 aromatic rings. The lowest BCUT2D eigenvalue weighted by atomic mass is 9.99. The van der Waals surface area contributed by atoms with E-state index in [0.29, 0.717) is 5.56 Å². The van der Waals surface area contributed by atoms with Gasteiger partial charge in [-0.25, -0.2) is 0 Å². The lowest BCUT2D eigenvalue weighted by Crippen LogP contribution is -2.20. The van der Waals surface area contributed by atoms with Crippen LogP contribution in [-0.4, -0.2) is 35.2 Å². The van der Waals surface area contributed by atoms with E-state index in [1.54, 1.807) is 0 Å². The molecule has 8 nitrogen and oxygen atoms in total. The first-order valence-corrected chi connectivity index (χ1v) is 5.04. The van der Waals surface area contributed by atoms with Crippen LogP contribution in [0.15, 0.2) is 18.2 Å². The second-order valence-electron chi connectivity index (χ2n) is 3.66. The largest absolute Gasteiger partial charge is 0.504 e. The predicted molar refractivity (Wildman–Crippen MR) is 61.1 cm³/mol. The number of benzene rings is 1. The van der Waals surface area contributed by atoms with E-state index in [2.05, 4.69) is 0 Å². The summed E-state index contributed by atoms with van der Waals surface area (Å²) in [5.74, 6) is -0.851. The summed E-state index contributed by atoms with van der Waals surface area (Å²) < 4.78 is 4.86. The maximum absolute atomic E-state index is 10.5.